The summed E-state index contributed by atoms with van der Waals surface area (Å²) in [6.45, 7) is 0. The minimum absolute atomic E-state index is 0.458. The van der Waals surface area contributed by atoms with Crippen LogP contribution >= 0.6 is 15.9 Å². The fraction of sp³-hybridized carbons (Fsp3) is 0.400. The first kappa shape index (κ1) is 13.6. The average molecular weight is 339 g/mol. The highest BCUT2D eigenvalue weighted by molar-refractivity contribution is 9.10. The molecule has 0 spiro atoms. The SMILES string of the molecule is COc1ccc(C2(O)OC(=O)C3=CCCCC32Br)cc1. The molecule has 3 rings (SSSR count). The van der Waals surface area contributed by atoms with Gasteiger partial charge in [-0.3, -0.25) is 0 Å². The van der Waals surface area contributed by atoms with Crippen molar-refractivity contribution in [3.05, 3.63) is 41.5 Å². The van der Waals surface area contributed by atoms with E-state index in [2.05, 4.69) is 15.9 Å². The Kier molecular flexibility index (Phi) is 3.14. The fourth-order valence-electron chi connectivity index (χ4n) is 2.86. The van der Waals surface area contributed by atoms with Crippen LogP contribution in [-0.4, -0.2) is 22.5 Å². The molecule has 1 aromatic rings. The number of carbonyl (C=O) groups is 1. The number of aliphatic hydroxyl groups is 1. The maximum atomic E-state index is 12.0. The Hall–Kier alpha value is -1.33. The van der Waals surface area contributed by atoms with E-state index in [1.807, 2.05) is 6.08 Å². The first-order valence-electron chi connectivity index (χ1n) is 6.51. The van der Waals surface area contributed by atoms with Gasteiger partial charge in [0.15, 0.2) is 0 Å². The third-order valence-electron chi connectivity index (χ3n) is 3.98. The number of benzene rings is 1. The second-order valence-electron chi connectivity index (χ2n) is 5.07. The molecule has 2 atom stereocenters. The van der Waals surface area contributed by atoms with Gasteiger partial charge >= 0.3 is 5.97 Å². The lowest BCUT2D eigenvalue weighted by atomic mass is 9.80. The van der Waals surface area contributed by atoms with Crippen molar-refractivity contribution in [3.63, 3.8) is 0 Å². The largest absolute Gasteiger partial charge is 0.497 e. The summed E-state index contributed by atoms with van der Waals surface area (Å²) in [6, 6.07) is 6.91. The predicted octanol–water partition coefficient (Wildman–Crippen LogP) is 2.64. The Balaban J connectivity index is 2.08. The Morgan fingerprint density at radius 1 is 1.35 bits per heavy atom. The van der Waals surface area contributed by atoms with Crippen molar-refractivity contribution in [1.82, 2.24) is 0 Å². The van der Waals surface area contributed by atoms with Crippen LogP contribution in [0.5, 0.6) is 5.75 Å². The summed E-state index contributed by atoms with van der Waals surface area (Å²) in [5.74, 6) is -1.45. The van der Waals surface area contributed by atoms with E-state index < -0.39 is 16.1 Å². The van der Waals surface area contributed by atoms with Gasteiger partial charge in [-0.15, -0.1) is 0 Å². The molecule has 1 N–H and O–H groups in total. The van der Waals surface area contributed by atoms with Crippen molar-refractivity contribution in [2.24, 2.45) is 0 Å². The predicted molar refractivity (Wildman–Crippen MR) is 76.6 cm³/mol. The van der Waals surface area contributed by atoms with E-state index in [4.69, 9.17) is 9.47 Å². The quantitative estimate of drug-likeness (QED) is 0.665. The molecule has 1 aromatic carbocycles. The van der Waals surface area contributed by atoms with Gasteiger partial charge in [-0.25, -0.2) is 4.79 Å². The van der Waals surface area contributed by atoms with E-state index in [0.29, 0.717) is 23.3 Å². The Bertz CT molecular complexity index is 580. The zero-order valence-corrected chi connectivity index (χ0v) is 12.6. The molecule has 0 bridgehead atoms. The van der Waals surface area contributed by atoms with Crippen LogP contribution in [0.15, 0.2) is 35.9 Å². The number of halogens is 1. The molecule has 1 aliphatic carbocycles. The molecule has 106 valence electrons. The van der Waals surface area contributed by atoms with Gasteiger partial charge in [0.25, 0.3) is 5.79 Å². The Morgan fingerprint density at radius 3 is 2.70 bits per heavy atom. The topological polar surface area (TPSA) is 55.8 Å². The standard InChI is InChI=1S/C15H15BrO4/c1-19-11-7-5-10(6-8-11)15(18)14(16)9-3-2-4-12(14)13(17)20-15/h4-8,18H,2-3,9H2,1H3. The number of fused-ring (bicyclic) bond motifs is 1. The minimum atomic E-state index is -1.68. The van der Waals surface area contributed by atoms with Crippen LogP contribution in [-0.2, 0) is 15.3 Å². The van der Waals surface area contributed by atoms with Crippen LogP contribution in [0.25, 0.3) is 0 Å². The molecule has 2 unspecified atom stereocenters. The number of methoxy groups -OCH3 is 1. The minimum Gasteiger partial charge on any atom is -0.497 e. The van der Waals surface area contributed by atoms with Gasteiger partial charge in [-0.2, -0.15) is 0 Å². The van der Waals surface area contributed by atoms with Gasteiger partial charge in [0.1, 0.15) is 10.1 Å². The molecule has 4 nitrogen and oxygen atoms in total. The van der Waals surface area contributed by atoms with Gasteiger partial charge in [0.2, 0.25) is 0 Å². The van der Waals surface area contributed by atoms with Gasteiger partial charge in [0.05, 0.1) is 12.7 Å². The van der Waals surface area contributed by atoms with Crippen LogP contribution < -0.4 is 4.74 Å². The summed E-state index contributed by atoms with van der Waals surface area (Å²) >= 11 is 3.56. The summed E-state index contributed by atoms with van der Waals surface area (Å²) in [7, 11) is 1.58. The van der Waals surface area contributed by atoms with Crippen molar-refractivity contribution in [2.45, 2.75) is 29.4 Å². The van der Waals surface area contributed by atoms with E-state index in [1.54, 1.807) is 31.4 Å². The van der Waals surface area contributed by atoms with Gasteiger partial charge < -0.3 is 14.6 Å². The highest BCUT2D eigenvalue weighted by Gasteiger charge is 2.63. The third kappa shape index (κ3) is 1.73. The molecule has 0 saturated carbocycles. The van der Waals surface area contributed by atoms with Crippen LogP contribution in [0.1, 0.15) is 24.8 Å². The molecule has 1 saturated heterocycles. The Morgan fingerprint density at radius 2 is 2.05 bits per heavy atom. The third-order valence-corrected chi connectivity index (χ3v) is 5.34. The van der Waals surface area contributed by atoms with Gasteiger partial charge in [0, 0.05) is 5.56 Å². The molecule has 20 heavy (non-hydrogen) atoms. The molecule has 0 radical (unpaired) electrons. The van der Waals surface area contributed by atoms with Crippen molar-refractivity contribution in [1.29, 1.82) is 0 Å². The van der Waals surface area contributed by atoms with Crippen LogP contribution in [0.3, 0.4) is 0 Å². The number of hydrogen-bond acceptors (Lipinski definition) is 4. The monoisotopic (exact) mass is 338 g/mol. The highest BCUT2D eigenvalue weighted by Crippen LogP contribution is 2.55. The number of rotatable bonds is 2. The lowest BCUT2D eigenvalue weighted by Gasteiger charge is -2.36. The van der Waals surface area contributed by atoms with Crippen molar-refractivity contribution in [2.75, 3.05) is 7.11 Å². The van der Waals surface area contributed by atoms with E-state index >= 15 is 0 Å². The second kappa shape index (κ2) is 4.60. The highest BCUT2D eigenvalue weighted by atomic mass is 79.9. The first-order chi connectivity index (χ1) is 9.51. The summed E-state index contributed by atoms with van der Waals surface area (Å²) < 4.78 is 9.55. The summed E-state index contributed by atoms with van der Waals surface area (Å²) in [4.78, 5) is 12.0. The van der Waals surface area contributed by atoms with E-state index in [0.717, 1.165) is 12.8 Å². The number of allylic oxidation sites excluding steroid dienone is 1. The summed E-state index contributed by atoms with van der Waals surface area (Å²) in [5, 5.41) is 11.0. The number of cyclic esters (lactones) is 1. The van der Waals surface area contributed by atoms with Crippen LogP contribution in [0, 0.1) is 0 Å². The van der Waals surface area contributed by atoms with E-state index in [-0.39, 0.29) is 0 Å². The molecule has 0 amide bonds. The van der Waals surface area contributed by atoms with Crippen molar-refractivity contribution < 1.29 is 19.4 Å². The maximum Gasteiger partial charge on any atom is 0.338 e. The van der Waals surface area contributed by atoms with Crippen molar-refractivity contribution >= 4 is 21.9 Å². The average Bonchev–Trinajstić information content (AvgIpc) is 2.67. The molecule has 1 heterocycles. The zero-order valence-electron chi connectivity index (χ0n) is 11.1. The maximum absolute atomic E-state index is 12.0. The number of alkyl halides is 1. The molecular weight excluding hydrogens is 324 g/mol. The molecule has 0 aromatic heterocycles. The summed E-state index contributed by atoms with van der Waals surface area (Å²) in [5.41, 5.74) is 1.05. The number of esters is 1. The molecular formula is C15H15BrO4. The Labute approximate surface area is 125 Å². The van der Waals surface area contributed by atoms with E-state index in [1.165, 1.54) is 0 Å². The van der Waals surface area contributed by atoms with E-state index in [9.17, 15) is 9.90 Å². The van der Waals surface area contributed by atoms with Crippen LogP contribution in [0.4, 0.5) is 0 Å². The lowest BCUT2D eigenvalue weighted by molar-refractivity contribution is -0.201. The summed E-state index contributed by atoms with van der Waals surface area (Å²) in [6.07, 6.45) is 4.22. The number of carbonyl (C=O) groups excluding carboxylic acids is 1. The normalized spacial score (nSPS) is 32.4. The number of ether oxygens (including phenoxy) is 2. The first-order valence-corrected chi connectivity index (χ1v) is 7.30. The van der Waals surface area contributed by atoms with Gasteiger partial charge in [-0.05, 0) is 43.5 Å². The molecule has 5 heteroatoms. The smallest absolute Gasteiger partial charge is 0.338 e. The van der Waals surface area contributed by atoms with Gasteiger partial charge in [-0.1, -0.05) is 22.0 Å². The molecule has 1 aliphatic heterocycles. The molecule has 2 aliphatic rings. The second-order valence-corrected chi connectivity index (χ2v) is 6.43. The van der Waals surface area contributed by atoms with Crippen LogP contribution in [0.2, 0.25) is 0 Å². The number of hydrogen-bond donors (Lipinski definition) is 1. The zero-order chi connectivity index (χ0) is 14.4. The molecule has 1 fully saturated rings. The van der Waals surface area contributed by atoms with Crippen molar-refractivity contribution in [3.8, 4) is 5.75 Å². The lowest BCUT2D eigenvalue weighted by Crippen LogP contribution is -2.45. The fourth-order valence-corrected chi connectivity index (χ4v) is 3.77.